The van der Waals surface area contributed by atoms with Crippen LogP contribution in [0.15, 0.2) is 48.8 Å². The average Bonchev–Trinajstić information content (AvgIpc) is 3.29. The Morgan fingerprint density at radius 3 is 2.90 bits per heavy atom. The Morgan fingerprint density at radius 2 is 2.13 bits per heavy atom. The summed E-state index contributed by atoms with van der Waals surface area (Å²) in [5.74, 6) is 1.39. The van der Waals surface area contributed by atoms with Crippen LogP contribution in [-0.4, -0.2) is 32.2 Å². The molecule has 1 aliphatic rings. The summed E-state index contributed by atoms with van der Waals surface area (Å²) in [6.07, 6.45) is 7.79. The molecule has 1 aromatic carbocycles. The number of nitrogens with zero attached hydrogens (tertiary/aromatic N) is 5. The van der Waals surface area contributed by atoms with Crippen molar-refractivity contribution >= 4 is 29.0 Å². The number of carbonyl (C=O) groups is 1. The van der Waals surface area contributed by atoms with E-state index < -0.39 is 0 Å². The molecule has 0 saturated heterocycles. The van der Waals surface area contributed by atoms with E-state index in [9.17, 15) is 4.79 Å². The molecule has 0 radical (unpaired) electrons. The van der Waals surface area contributed by atoms with E-state index in [1.807, 2.05) is 45.3 Å². The highest BCUT2D eigenvalue weighted by molar-refractivity contribution is 5.99. The van der Waals surface area contributed by atoms with Gasteiger partial charge in [0.2, 0.25) is 11.9 Å². The van der Waals surface area contributed by atoms with Gasteiger partial charge in [0.05, 0.1) is 11.9 Å². The third kappa shape index (κ3) is 4.32. The van der Waals surface area contributed by atoms with Gasteiger partial charge in [-0.3, -0.25) is 9.48 Å². The minimum atomic E-state index is -0.129. The monoisotopic (exact) mass is 403 g/mol. The molecule has 3 heterocycles. The minimum absolute atomic E-state index is 0.129. The van der Waals surface area contributed by atoms with Crippen LogP contribution in [-0.2, 0) is 24.8 Å². The Bertz CT molecular complexity index is 1100. The maximum Gasteiger partial charge on any atom is 0.248 e. The van der Waals surface area contributed by atoms with Crippen LogP contribution in [0.25, 0.3) is 0 Å². The molecule has 0 unspecified atom stereocenters. The Labute approximate surface area is 175 Å². The molecule has 4 rings (SSSR count). The second-order valence-electron chi connectivity index (χ2n) is 7.32. The third-order valence-corrected chi connectivity index (χ3v) is 4.97. The van der Waals surface area contributed by atoms with Crippen molar-refractivity contribution in [3.63, 3.8) is 0 Å². The molecule has 0 aliphatic carbocycles. The molecule has 0 saturated carbocycles. The molecule has 1 amide bonds. The zero-order valence-electron chi connectivity index (χ0n) is 17.4. The molecule has 2 N–H and O–H groups in total. The second kappa shape index (κ2) is 8.36. The van der Waals surface area contributed by atoms with Gasteiger partial charge in [-0.05, 0) is 44.0 Å². The van der Waals surface area contributed by atoms with Crippen LogP contribution in [0, 0.1) is 6.92 Å². The Morgan fingerprint density at radius 1 is 1.27 bits per heavy atom. The maximum atomic E-state index is 11.8. The van der Waals surface area contributed by atoms with Crippen LogP contribution in [0.4, 0.5) is 23.1 Å². The fraction of sp³-hybridized carbons (Fsp3) is 0.273. The van der Waals surface area contributed by atoms with E-state index in [2.05, 4.69) is 31.7 Å². The highest BCUT2D eigenvalue weighted by Crippen LogP contribution is 2.31. The van der Waals surface area contributed by atoms with Gasteiger partial charge >= 0.3 is 0 Å². The first-order valence-corrected chi connectivity index (χ1v) is 9.92. The fourth-order valence-corrected chi connectivity index (χ4v) is 3.62. The molecule has 30 heavy (non-hydrogen) atoms. The number of carbonyl (C=O) groups excluding carboxylic acids is 1. The number of allylic oxidation sites excluding steroid dienone is 1. The van der Waals surface area contributed by atoms with Crippen LogP contribution in [0.3, 0.4) is 0 Å². The summed E-state index contributed by atoms with van der Waals surface area (Å²) in [5, 5.41) is 10.3. The van der Waals surface area contributed by atoms with Gasteiger partial charge in [-0.15, -0.1) is 0 Å². The van der Waals surface area contributed by atoms with Gasteiger partial charge in [0.25, 0.3) is 0 Å². The van der Waals surface area contributed by atoms with Crippen molar-refractivity contribution in [2.75, 3.05) is 22.1 Å². The molecule has 2 aromatic heterocycles. The van der Waals surface area contributed by atoms with Gasteiger partial charge < -0.3 is 15.5 Å². The topological polar surface area (TPSA) is 88.0 Å². The summed E-state index contributed by atoms with van der Waals surface area (Å²) in [4.78, 5) is 23.5. The SMILES string of the molecule is C/C=C/C(=O)Nc1cccc(CN2CCc3c(C)nc(Nc4cnn(C)c4)nc32)c1. The van der Waals surface area contributed by atoms with Crippen molar-refractivity contribution in [2.24, 2.45) is 7.05 Å². The van der Waals surface area contributed by atoms with Crippen molar-refractivity contribution < 1.29 is 4.79 Å². The summed E-state index contributed by atoms with van der Waals surface area (Å²) in [7, 11) is 1.87. The molecule has 0 atom stereocenters. The summed E-state index contributed by atoms with van der Waals surface area (Å²) < 4.78 is 1.73. The van der Waals surface area contributed by atoms with E-state index in [1.54, 1.807) is 17.0 Å². The van der Waals surface area contributed by atoms with Crippen molar-refractivity contribution in [1.82, 2.24) is 19.7 Å². The quantitative estimate of drug-likeness (QED) is 0.614. The molecular weight excluding hydrogens is 378 g/mol. The van der Waals surface area contributed by atoms with Gasteiger partial charge in [-0.1, -0.05) is 18.2 Å². The largest absolute Gasteiger partial charge is 0.352 e. The number of hydrogen-bond donors (Lipinski definition) is 2. The van der Waals surface area contributed by atoms with Crippen molar-refractivity contribution in [3.05, 3.63) is 65.6 Å². The van der Waals surface area contributed by atoms with E-state index in [-0.39, 0.29) is 5.91 Å². The maximum absolute atomic E-state index is 11.8. The Kier molecular flexibility index (Phi) is 5.47. The lowest BCUT2D eigenvalue weighted by atomic mass is 10.2. The van der Waals surface area contributed by atoms with Gasteiger partial charge in [0.1, 0.15) is 5.82 Å². The van der Waals surface area contributed by atoms with E-state index >= 15 is 0 Å². The molecule has 8 heteroatoms. The zero-order valence-corrected chi connectivity index (χ0v) is 17.4. The van der Waals surface area contributed by atoms with E-state index in [0.29, 0.717) is 12.5 Å². The molecule has 0 spiro atoms. The number of aryl methyl sites for hydroxylation is 2. The standard InChI is InChI=1S/C22H25N7O/c1-4-6-20(30)25-17-8-5-7-16(11-17)13-29-10-9-19-15(2)24-22(27-21(19)29)26-18-12-23-28(3)14-18/h4-8,11-12,14H,9-10,13H2,1-3H3,(H,25,30)(H,24,26,27)/b6-4+. The molecule has 154 valence electrons. The predicted octanol–water partition coefficient (Wildman–Crippen LogP) is 3.34. The molecular formula is C22H25N7O. The first-order chi connectivity index (χ1) is 14.5. The Balaban J connectivity index is 1.53. The average molecular weight is 403 g/mol. The zero-order chi connectivity index (χ0) is 21.1. The van der Waals surface area contributed by atoms with Gasteiger partial charge in [0, 0.05) is 43.3 Å². The third-order valence-electron chi connectivity index (χ3n) is 4.97. The Hall–Kier alpha value is -3.68. The van der Waals surface area contributed by atoms with E-state index in [0.717, 1.165) is 41.4 Å². The second-order valence-corrected chi connectivity index (χ2v) is 7.32. The van der Waals surface area contributed by atoms with Crippen molar-refractivity contribution in [2.45, 2.75) is 26.8 Å². The lowest BCUT2D eigenvalue weighted by Gasteiger charge is -2.19. The number of benzene rings is 1. The van der Waals surface area contributed by atoms with Crippen LogP contribution in [0.1, 0.15) is 23.7 Å². The van der Waals surface area contributed by atoms with Crippen LogP contribution in [0.5, 0.6) is 0 Å². The summed E-state index contributed by atoms with van der Waals surface area (Å²) in [5.41, 5.74) is 4.92. The number of hydrogen-bond acceptors (Lipinski definition) is 6. The molecule has 0 bridgehead atoms. The number of rotatable bonds is 6. The number of amides is 1. The predicted molar refractivity (Wildman–Crippen MR) is 118 cm³/mol. The first-order valence-electron chi connectivity index (χ1n) is 9.92. The van der Waals surface area contributed by atoms with Crippen LogP contribution in [0.2, 0.25) is 0 Å². The molecule has 8 nitrogen and oxygen atoms in total. The lowest BCUT2D eigenvalue weighted by Crippen LogP contribution is -2.21. The van der Waals surface area contributed by atoms with E-state index in [1.165, 1.54) is 11.6 Å². The first kappa shape index (κ1) is 19.6. The normalized spacial score (nSPS) is 13.0. The summed E-state index contributed by atoms with van der Waals surface area (Å²) >= 11 is 0. The molecule has 1 aliphatic heterocycles. The highest BCUT2D eigenvalue weighted by Gasteiger charge is 2.24. The van der Waals surface area contributed by atoms with Crippen LogP contribution >= 0.6 is 0 Å². The molecule has 3 aromatic rings. The van der Waals surface area contributed by atoms with Gasteiger partial charge in [-0.2, -0.15) is 10.1 Å². The lowest BCUT2D eigenvalue weighted by molar-refractivity contribution is -0.111. The fourth-order valence-electron chi connectivity index (χ4n) is 3.62. The molecule has 0 fully saturated rings. The van der Waals surface area contributed by atoms with Gasteiger partial charge in [0.15, 0.2) is 0 Å². The van der Waals surface area contributed by atoms with Crippen molar-refractivity contribution in [1.29, 1.82) is 0 Å². The number of anilines is 4. The smallest absolute Gasteiger partial charge is 0.248 e. The number of nitrogens with one attached hydrogen (secondary N) is 2. The number of fused-ring (bicyclic) bond motifs is 1. The number of aromatic nitrogens is 4. The van der Waals surface area contributed by atoms with Crippen molar-refractivity contribution in [3.8, 4) is 0 Å². The van der Waals surface area contributed by atoms with Crippen LogP contribution < -0.4 is 15.5 Å². The highest BCUT2D eigenvalue weighted by atomic mass is 16.1. The minimum Gasteiger partial charge on any atom is -0.352 e. The van der Waals surface area contributed by atoms with Gasteiger partial charge in [-0.25, -0.2) is 4.98 Å². The summed E-state index contributed by atoms with van der Waals surface area (Å²) in [6, 6.07) is 7.91. The van der Waals surface area contributed by atoms with E-state index in [4.69, 9.17) is 4.98 Å². The summed E-state index contributed by atoms with van der Waals surface area (Å²) in [6.45, 7) is 5.44.